The zero-order valence-corrected chi connectivity index (χ0v) is 17.9. The monoisotopic (exact) mass is 454 g/mol. The van der Waals surface area contributed by atoms with Gasteiger partial charge in [0.1, 0.15) is 29.3 Å². The van der Waals surface area contributed by atoms with E-state index < -0.39 is 24.6 Å². The predicted octanol–water partition coefficient (Wildman–Crippen LogP) is 5.38. The number of imidazole rings is 1. The van der Waals surface area contributed by atoms with Gasteiger partial charge in [0, 0.05) is 47.5 Å². The Bertz CT molecular complexity index is 1320. The summed E-state index contributed by atoms with van der Waals surface area (Å²) in [4.78, 5) is 13.1. The molecule has 2 atom stereocenters. The van der Waals surface area contributed by atoms with Gasteiger partial charge in [-0.25, -0.2) is 19.3 Å². The van der Waals surface area contributed by atoms with E-state index in [1.54, 1.807) is 41.2 Å². The molecule has 3 heterocycles. The smallest absolute Gasteiger partial charge is 0.387 e. The third kappa shape index (κ3) is 3.72. The van der Waals surface area contributed by atoms with Crippen LogP contribution in [-0.2, 0) is 0 Å². The van der Waals surface area contributed by atoms with Crippen molar-refractivity contribution in [2.45, 2.75) is 44.9 Å². The molecule has 2 aromatic carbocycles. The Hall–Kier alpha value is -3.46. The van der Waals surface area contributed by atoms with Crippen molar-refractivity contribution >= 4 is 11.0 Å². The highest BCUT2D eigenvalue weighted by atomic mass is 19.3. The lowest BCUT2D eigenvalue weighted by Gasteiger charge is -2.19. The number of hydrogen-bond acceptors (Lipinski definition) is 5. The maximum Gasteiger partial charge on any atom is 0.387 e. The molecule has 9 heteroatoms. The molecule has 2 aromatic heterocycles. The zero-order valence-electron chi connectivity index (χ0n) is 17.9. The Morgan fingerprint density at radius 3 is 2.55 bits per heavy atom. The summed E-state index contributed by atoms with van der Waals surface area (Å²) in [5, 5.41) is 10.6. The summed E-state index contributed by atoms with van der Waals surface area (Å²) in [5.41, 5.74) is 2.22. The van der Waals surface area contributed by atoms with Crippen molar-refractivity contribution < 1.29 is 23.0 Å². The van der Waals surface area contributed by atoms with E-state index in [0.29, 0.717) is 33.8 Å². The maximum atomic E-state index is 15.0. The van der Waals surface area contributed by atoms with Crippen molar-refractivity contribution in [2.75, 3.05) is 0 Å². The van der Waals surface area contributed by atoms with Crippen molar-refractivity contribution in [3.63, 3.8) is 0 Å². The van der Waals surface area contributed by atoms with E-state index >= 15 is 0 Å². The number of rotatable bonds is 5. The van der Waals surface area contributed by atoms with E-state index in [9.17, 15) is 18.3 Å². The Morgan fingerprint density at radius 1 is 1.12 bits per heavy atom. The number of hydrogen-bond donors (Lipinski definition) is 1. The topological polar surface area (TPSA) is 73.1 Å². The highest BCUT2D eigenvalue weighted by Gasteiger charge is 2.36. The normalized spacial score (nSPS) is 17.8. The molecule has 1 N–H and O–H groups in total. The van der Waals surface area contributed by atoms with Crippen LogP contribution in [0.5, 0.6) is 5.75 Å². The van der Waals surface area contributed by atoms with Crippen LogP contribution in [0.25, 0.3) is 22.2 Å². The number of alkyl halides is 2. The molecule has 6 nitrogen and oxygen atoms in total. The molecular weight excluding hydrogens is 433 g/mol. The first-order valence-corrected chi connectivity index (χ1v) is 10.6. The first kappa shape index (κ1) is 21.4. The van der Waals surface area contributed by atoms with E-state index in [4.69, 9.17) is 4.74 Å². The Kier molecular flexibility index (Phi) is 5.28. The molecule has 1 unspecified atom stereocenters. The average Bonchev–Trinajstić information content (AvgIpc) is 3.30. The number of nitrogens with zero attached hydrogens (tertiary/aromatic N) is 4. The van der Waals surface area contributed by atoms with Crippen LogP contribution in [0, 0.1) is 5.82 Å². The molecule has 0 radical (unpaired) electrons. The number of para-hydroxylation sites is 1. The van der Waals surface area contributed by atoms with Gasteiger partial charge < -0.3 is 14.4 Å². The third-order valence-electron chi connectivity index (χ3n) is 5.86. The lowest BCUT2D eigenvalue weighted by atomic mass is 10.0. The fourth-order valence-corrected chi connectivity index (χ4v) is 4.34. The largest absolute Gasteiger partial charge is 0.434 e. The van der Waals surface area contributed by atoms with Gasteiger partial charge in [-0.2, -0.15) is 8.78 Å². The fraction of sp³-hybridized carbons (Fsp3) is 0.292. The van der Waals surface area contributed by atoms with Crippen LogP contribution in [0.15, 0.2) is 48.8 Å². The number of benzene rings is 2. The molecule has 5 rings (SSSR count). The van der Waals surface area contributed by atoms with Crippen LogP contribution in [0.1, 0.15) is 55.5 Å². The summed E-state index contributed by atoms with van der Waals surface area (Å²) >= 11 is 0. The van der Waals surface area contributed by atoms with E-state index in [0.717, 1.165) is 0 Å². The predicted molar refractivity (Wildman–Crippen MR) is 116 cm³/mol. The van der Waals surface area contributed by atoms with Crippen LogP contribution < -0.4 is 4.74 Å². The Morgan fingerprint density at radius 2 is 1.85 bits per heavy atom. The molecule has 0 aliphatic carbocycles. The maximum absolute atomic E-state index is 15.0. The van der Waals surface area contributed by atoms with E-state index in [1.807, 2.05) is 13.8 Å². The second kappa shape index (κ2) is 8.15. The van der Waals surface area contributed by atoms with Gasteiger partial charge in [-0.1, -0.05) is 32.0 Å². The van der Waals surface area contributed by atoms with Crippen molar-refractivity contribution in [3.05, 3.63) is 71.8 Å². The molecular formula is C24H21F3N4O2. The average molecular weight is 454 g/mol. The molecule has 1 aliphatic rings. The number of aliphatic hydroxyl groups excluding tert-OH is 1. The van der Waals surface area contributed by atoms with Gasteiger partial charge in [-0.3, -0.25) is 0 Å². The van der Waals surface area contributed by atoms with Crippen LogP contribution in [0.3, 0.4) is 0 Å². The lowest BCUT2D eigenvalue weighted by molar-refractivity contribution is -0.0507. The number of aromatic nitrogens is 4. The minimum atomic E-state index is -2.98. The number of ether oxygens (including phenoxy) is 1. The van der Waals surface area contributed by atoms with Crippen LogP contribution >= 0.6 is 0 Å². The van der Waals surface area contributed by atoms with Crippen molar-refractivity contribution in [1.82, 2.24) is 19.5 Å². The van der Waals surface area contributed by atoms with E-state index in [-0.39, 0.29) is 23.7 Å². The molecule has 170 valence electrons. The standard InChI is InChI=1S/C24H21F3N4O2/c1-12(2)22-28-10-13(11-29-22)15-7-19-17(8-16(15)25)30-23-20(32)9-18(31(19)23)14-5-3-4-6-21(14)33-24(26)27/h3-8,10-12,18,20,24,32H,9H2,1-2H3/t18-,20?/m0/s1. The fourth-order valence-electron chi connectivity index (χ4n) is 4.34. The van der Waals surface area contributed by atoms with E-state index in [2.05, 4.69) is 15.0 Å². The second-order valence-corrected chi connectivity index (χ2v) is 8.33. The van der Waals surface area contributed by atoms with Crippen LogP contribution in [-0.4, -0.2) is 31.2 Å². The summed E-state index contributed by atoms with van der Waals surface area (Å²) in [6.07, 6.45) is 2.46. The van der Waals surface area contributed by atoms with Gasteiger partial charge in [0.05, 0.1) is 17.1 Å². The molecule has 0 saturated carbocycles. The SMILES string of the molecule is CC(C)c1ncc(-c2cc3c(cc2F)nc2n3[C@H](c3ccccc3OC(F)F)CC2O)cn1. The second-order valence-electron chi connectivity index (χ2n) is 8.33. The summed E-state index contributed by atoms with van der Waals surface area (Å²) in [6.45, 7) is 0.960. The highest BCUT2D eigenvalue weighted by molar-refractivity contribution is 5.83. The van der Waals surface area contributed by atoms with Gasteiger partial charge in [0.15, 0.2) is 0 Å². The Labute approximate surface area is 187 Å². The Balaban J connectivity index is 1.65. The minimum absolute atomic E-state index is 0.0272. The quantitative estimate of drug-likeness (QED) is 0.438. The van der Waals surface area contributed by atoms with Crippen molar-refractivity contribution in [2.24, 2.45) is 0 Å². The number of fused-ring (bicyclic) bond motifs is 3. The zero-order chi connectivity index (χ0) is 23.3. The van der Waals surface area contributed by atoms with Crippen molar-refractivity contribution in [1.29, 1.82) is 0 Å². The first-order valence-electron chi connectivity index (χ1n) is 10.6. The lowest BCUT2D eigenvalue weighted by Crippen LogP contribution is -2.10. The molecule has 4 aromatic rings. The molecule has 0 amide bonds. The van der Waals surface area contributed by atoms with Gasteiger partial charge in [0.2, 0.25) is 0 Å². The van der Waals surface area contributed by atoms with Gasteiger partial charge in [-0.05, 0) is 12.1 Å². The van der Waals surface area contributed by atoms with E-state index in [1.165, 1.54) is 12.1 Å². The molecule has 0 fully saturated rings. The molecule has 0 bridgehead atoms. The summed E-state index contributed by atoms with van der Waals surface area (Å²) in [6, 6.07) is 8.90. The first-order chi connectivity index (χ1) is 15.8. The summed E-state index contributed by atoms with van der Waals surface area (Å²) in [7, 11) is 0. The third-order valence-corrected chi connectivity index (χ3v) is 5.86. The minimum Gasteiger partial charge on any atom is -0.434 e. The van der Waals surface area contributed by atoms with Crippen LogP contribution in [0.4, 0.5) is 13.2 Å². The van der Waals surface area contributed by atoms with Gasteiger partial charge in [0.25, 0.3) is 0 Å². The van der Waals surface area contributed by atoms with Gasteiger partial charge >= 0.3 is 6.61 Å². The van der Waals surface area contributed by atoms with Crippen LogP contribution in [0.2, 0.25) is 0 Å². The van der Waals surface area contributed by atoms with Gasteiger partial charge in [-0.15, -0.1) is 0 Å². The number of halogens is 3. The molecule has 33 heavy (non-hydrogen) atoms. The summed E-state index contributed by atoms with van der Waals surface area (Å²) < 4.78 is 47.4. The number of aliphatic hydroxyl groups is 1. The molecule has 0 saturated heterocycles. The molecule has 1 aliphatic heterocycles. The van der Waals surface area contributed by atoms with Crippen molar-refractivity contribution in [3.8, 4) is 16.9 Å². The molecule has 0 spiro atoms. The summed E-state index contributed by atoms with van der Waals surface area (Å²) in [5.74, 6) is 0.684. The highest BCUT2D eigenvalue weighted by Crippen LogP contribution is 2.44.